The van der Waals surface area contributed by atoms with Crippen molar-refractivity contribution < 1.29 is 29.0 Å². The van der Waals surface area contributed by atoms with Crippen LogP contribution in [0.1, 0.15) is 86.3 Å². The van der Waals surface area contributed by atoms with E-state index in [9.17, 15) is 24.3 Å². The van der Waals surface area contributed by atoms with E-state index in [0.717, 1.165) is 17.8 Å². The molecule has 0 radical (unpaired) electrons. The average Bonchev–Trinajstić information content (AvgIpc) is 3.43. The Hall–Kier alpha value is -3.41. The van der Waals surface area contributed by atoms with Crippen LogP contribution in [0.5, 0.6) is 0 Å². The molecule has 0 spiro atoms. The minimum Gasteiger partial charge on any atom is -0.444 e. The number of aliphatic hydroxyl groups is 1. The summed E-state index contributed by atoms with van der Waals surface area (Å²) in [6.45, 7) is 15.5. The van der Waals surface area contributed by atoms with E-state index in [-0.39, 0.29) is 30.3 Å². The van der Waals surface area contributed by atoms with Crippen molar-refractivity contribution in [3.8, 4) is 0 Å². The fourth-order valence-corrected chi connectivity index (χ4v) is 5.04. The lowest BCUT2D eigenvalue weighted by molar-refractivity contribution is -0.143. The molecule has 0 bridgehead atoms. The number of aliphatic hydroxyl groups excluding tert-OH is 1. The molecule has 4 atom stereocenters. The summed E-state index contributed by atoms with van der Waals surface area (Å²) in [5, 5.41) is 21.4. The standard InChI is InChI=1S/C32H54N6O6/c1-20(2)25(19-39)35-29(41)26-15-12-18-38(26)30(42)27(21(3)4)37-28(40)24(36-31(43)44-32(6,7)8)13-9-10-16-34-23-14-11-17-33-22(23)5/h11,14,17,20-21,24-27,34,39H,9-10,12-13,15-16,18-19H2,1-8H3,(H,35,41)(H,36,43)(H,37,40)/t24-,25+,26-,27-/m0/s1. The Labute approximate surface area is 262 Å². The quantitative estimate of drug-likeness (QED) is 0.187. The molecule has 1 aromatic rings. The molecule has 0 unspecified atom stereocenters. The van der Waals surface area contributed by atoms with E-state index in [0.29, 0.717) is 38.8 Å². The molecule has 1 saturated heterocycles. The van der Waals surface area contributed by atoms with Crippen LogP contribution in [0.3, 0.4) is 0 Å². The van der Waals surface area contributed by atoms with Gasteiger partial charge >= 0.3 is 6.09 Å². The molecule has 1 aliphatic rings. The molecule has 2 heterocycles. The van der Waals surface area contributed by atoms with Gasteiger partial charge in [0, 0.05) is 19.3 Å². The summed E-state index contributed by atoms with van der Waals surface area (Å²) in [5.41, 5.74) is 1.09. The van der Waals surface area contributed by atoms with Crippen LogP contribution < -0.4 is 21.3 Å². The molecule has 12 heteroatoms. The van der Waals surface area contributed by atoms with E-state index in [1.165, 1.54) is 4.90 Å². The number of nitrogens with one attached hydrogen (secondary N) is 4. The Bertz CT molecular complexity index is 1100. The number of unbranched alkanes of at least 4 members (excludes halogenated alkanes) is 1. The zero-order valence-electron chi connectivity index (χ0n) is 27.7. The average molecular weight is 619 g/mol. The van der Waals surface area contributed by atoms with Crippen LogP contribution in [0.2, 0.25) is 0 Å². The maximum Gasteiger partial charge on any atom is 0.408 e. The van der Waals surface area contributed by atoms with Crippen molar-refractivity contribution in [3.63, 3.8) is 0 Å². The Balaban J connectivity index is 2.10. The fraction of sp³-hybridized carbons (Fsp3) is 0.719. The van der Waals surface area contributed by atoms with Crippen molar-refractivity contribution in [2.24, 2.45) is 11.8 Å². The SMILES string of the molecule is Cc1ncccc1NCCCC[C@H](NC(=O)OC(C)(C)C)C(=O)N[C@H](C(=O)N1CCC[C@H]1C(=O)N[C@H](CO)C(C)C)C(C)C. The maximum atomic E-state index is 13.8. The number of nitrogens with zero attached hydrogens (tertiary/aromatic N) is 2. The van der Waals surface area contributed by atoms with Gasteiger partial charge in [-0.05, 0) is 83.8 Å². The fourth-order valence-electron chi connectivity index (χ4n) is 5.04. The van der Waals surface area contributed by atoms with Crippen molar-refractivity contribution in [2.75, 3.05) is 25.0 Å². The third kappa shape index (κ3) is 11.6. The van der Waals surface area contributed by atoms with Gasteiger partial charge in [-0.2, -0.15) is 0 Å². The molecule has 0 aliphatic carbocycles. The van der Waals surface area contributed by atoms with Gasteiger partial charge in [0.25, 0.3) is 0 Å². The van der Waals surface area contributed by atoms with Gasteiger partial charge in [0.05, 0.1) is 24.0 Å². The van der Waals surface area contributed by atoms with Crippen LogP contribution in [0.4, 0.5) is 10.5 Å². The van der Waals surface area contributed by atoms with Crippen LogP contribution >= 0.6 is 0 Å². The number of aromatic nitrogens is 1. The number of aryl methyl sites for hydroxylation is 1. The second-order valence-electron chi connectivity index (χ2n) is 13.2. The molecular weight excluding hydrogens is 564 g/mol. The lowest BCUT2D eigenvalue weighted by atomic mass is 10.0. The number of carbonyl (C=O) groups excluding carboxylic acids is 4. The highest BCUT2D eigenvalue weighted by Gasteiger charge is 2.40. The third-order valence-corrected chi connectivity index (χ3v) is 7.65. The number of anilines is 1. The topological polar surface area (TPSA) is 162 Å². The summed E-state index contributed by atoms with van der Waals surface area (Å²) in [6, 6.07) is 0.904. The predicted molar refractivity (Wildman–Crippen MR) is 170 cm³/mol. The summed E-state index contributed by atoms with van der Waals surface area (Å²) in [6.07, 6.45) is 3.87. The molecule has 2 rings (SSSR count). The van der Waals surface area contributed by atoms with E-state index < -0.39 is 41.8 Å². The zero-order valence-corrected chi connectivity index (χ0v) is 27.7. The van der Waals surface area contributed by atoms with Crippen molar-refractivity contribution in [1.29, 1.82) is 0 Å². The lowest BCUT2D eigenvalue weighted by Gasteiger charge is -2.32. The van der Waals surface area contributed by atoms with Crippen LogP contribution in [0.15, 0.2) is 18.3 Å². The van der Waals surface area contributed by atoms with Crippen LogP contribution in [0.25, 0.3) is 0 Å². The van der Waals surface area contributed by atoms with E-state index in [1.54, 1.807) is 27.0 Å². The molecule has 1 fully saturated rings. The predicted octanol–water partition coefficient (Wildman–Crippen LogP) is 3.13. The summed E-state index contributed by atoms with van der Waals surface area (Å²) in [4.78, 5) is 58.9. The first-order valence-electron chi connectivity index (χ1n) is 15.8. The van der Waals surface area contributed by atoms with Gasteiger partial charge in [-0.15, -0.1) is 0 Å². The van der Waals surface area contributed by atoms with Gasteiger partial charge in [0.15, 0.2) is 0 Å². The number of ether oxygens (including phenoxy) is 1. The lowest BCUT2D eigenvalue weighted by Crippen LogP contribution is -2.59. The van der Waals surface area contributed by atoms with E-state index >= 15 is 0 Å². The summed E-state index contributed by atoms with van der Waals surface area (Å²) in [7, 11) is 0. The van der Waals surface area contributed by atoms with Gasteiger partial charge in [0.2, 0.25) is 17.7 Å². The Morgan fingerprint density at radius 2 is 1.77 bits per heavy atom. The van der Waals surface area contributed by atoms with Gasteiger partial charge in [-0.3, -0.25) is 19.4 Å². The molecule has 248 valence electrons. The number of carbonyl (C=O) groups is 4. The van der Waals surface area contributed by atoms with Gasteiger partial charge in [0.1, 0.15) is 23.7 Å². The molecule has 1 aliphatic heterocycles. The number of likely N-dealkylation sites (tertiary alicyclic amines) is 1. The number of hydrogen-bond acceptors (Lipinski definition) is 8. The first-order chi connectivity index (χ1) is 20.6. The molecular formula is C32H54N6O6. The Morgan fingerprint density at radius 1 is 1.07 bits per heavy atom. The Kier molecular flexibility index (Phi) is 14.4. The summed E-state index contributed by atoms with van der Waals surface area (Å²) in [5.74, 6) is -1.38. The van der Waals surface area contributed by atoms with E-state index in [4.69, 9.17) is 4.74 Å². The number of pyridine rings is 1. The van der Waals surface area contributed by atoms with E-state index in [2.05, 4.69) is 26.3 Å². The number of amides is 4. The molecule has 0 saturated carbocycles. The smallest absolute Gasteiger partial charge is 0.408 e. The highest BCUT2D eigenvalue weighted by atomic mass is 16.6. The summed E-state index contributed by atoms with van der Waals surface area (Å²) < 4.78 is 5.41. The highest BCUT2D eigenvalue weighted by Crippen LogP contribution is 2.21. The van der Waals surface area contributed by atoms with Crippen LogP contribution in [0, 0.1) is 18.8 Å². The third-order valence-electron chi connectivity index (χ3n) is 7.65. The molecule has 12 nitrogen and oxygen atoms in total. The number of rotatable bonds is 15. The van der Waals surface area contributed by atoms with Gasteiger partial charge in [-0.25, -0.2) is 4.79 Å². The second kappa shape index (κ2) is 17.2. The van der Waals surface area contributed by atoms with Crippen molar-refractivity contribution >= 4 is 29.5 Å². The van der Waals surface area contributed by atoms with Gasteiger partial charge in [-0.1, -0.05) is 27.7 Å². The molecule has 4 amide bonds. The molecule has 1 aromatic heterocycles. The van der Waals surface area contributed by atoms with E-state index in [1.807, 2.05) is 46.8 Å². The van der Waals surface area contributed by atoms with Crippen molar-refractivity contribution in [1.82, 2.24) is 25.8 Å². The van der Waals surface area contributed by atoms with Crippen LogP contribution in [-0.4, -0.2) is 88.3 Å². The molecule has 44 heavy (non-hydrogen) atoms. The first-order valence-corrected chi connectivity index (χ1v) is 15.8. The number of hydrogen-bond donors (Lipinski definition) is 5. The normalized spacial score (nSPS) is 17.2. The monoisotopic (exact) mass is 618 g/mol. The number of alkyl carbamates (subject to hydrolysis) is 1. The molecule has 0 aromatic carbocycles. The van der Waals surface area contributed by atoms with Gasteiger partial charge < -0.3 is 36.0 Å². The molecule has 5 N–H and O–H groups in total. The van der Waals surface area contributed by atoms with Crippen LogP contribution in [-0.2, 0) is 19.1 Å². The maximum absolute atomic E-state index is 13.8. The largest absolute Gasteiger partial charge is 0.444 e. The zero-order chi connectivity index (χ0) is 33.0. The summed E-state index contributed by atoms with van der Waals surface area (Å²) >= 11 is 0. The minimum absolute atomic E-state index is 0.0295. The second-order valence-corrected chi connectivity index (χ2v) is 13.2. The van der Waals surface area contributed by atoms with Crippen molar-refractivity contribution in [2.45, 2.75) is 117 Å². The van der Waals surface area contributed by atoms with Crippen molar-refractivity contribution in [3.05, 3.63) is 24.0 Å². The highest BCUT2D eigenvalue weighted by molar-refractivity contribution is 5.94. The minimum atomic E-state index is -0.923. The Morgan fingerprint density at radius 3 is 2.36 bits per heavy atom. The first kappa shape index (κ1) is 36.8.